The minimum atomic E-state index is -3.62. The number of aliphatic carboxylic acids is 1. The summed E-state index contributed by atoms with van der Waals surface area (Å²) in [6.45, 7) is 1.82. The Labute approximate surface area is 119 Å². The van der Waals surface area contributed by atoms with Crippen LogP contribution in [0.15, 0.2) is 30.3 Å². The van der Waals surface area contributed by atoms with Crippen LogP contribution in [-0.4, -0.2) is 30.8 Å². The van der Waals surface area contributed by atoms with E-state index in [1.807, 2.05) is 37.3 Å². The number of nitrogens with one attached hydrogen (secondary N) is 1. The predicted molar refractivity (Wildman–Crippen MR) is 76.0 cm³/mol. The third kappa shape index (κ3) is 3.19. The molecule has 0 bridgehead atoms. The van der Waals surface area contributed by atoms with Gasteiger partial charge in [-0.3, -0.25) is 4.79 Å². The molecule has 0 radical (unpaired) electrons. The highest BCUT2D eigenvalue weighted by atomic mass is 32.2. The Hall–Kier alpha value is -1.40. The normalized spacial score (nSPS) is 19.1. The van der Waals surface area contributed by atoms with Crippen molar-refractivity contribution in [3.8, 4) is 0 Å². The molecule has 1 aromatic rings. The van der Waals surface area contributed by atoms with Gasteiger partial charge in [-0.1, -0.05) is 37.3 Å². The quantitative estimate of drug-likeness (QED) is 0.837. The minimum Gasteiger partial charge on any atom is -0.480 e. The zero-order valence-corrected chi connectivity index (χ0v) is 12.2. The number of carboxylic acid groups (broad SMARTS) is 1. The lowest BCUT2D eigenvalue weighted by molar-refractivity contribution is -0.147. The number of carboxylic acids is 1. The van der Waals surface area contributed by atoms with Crippen molar-refractivity contribution >= 4 is 16.0 Å². The van der Waals surface area contributed by atoms with Gasteiger partial charge in [-0.25, -0.2) is 8.42 Å². The highest BCUT2D eigenvalue weighted by Gasteiger charge is 2.47. The molecular weight excluding hydrogens is 278 g/mol. The van der Waals surface area contributed by atoms with E-state index < -0.39 is 21.5 Å². The van der Waals surface area contributed by atoms with Crippen molar-refractivity contribution < 1.29 is 18.3 Å². The summed E-state index contributed by atoms with van der Waals surface area (Å²) in [5.74, 6) is -1.37. The van der Waals surface area contributed by atoms with E-state index in [1.165, 1.54) is 0 Å². The van der Waals surface area contributed by atoms with Gasteiger partial charge in [-0.15, -0.1) is 0 Å². The zero-order chi connectivity index (χ0) is 14.8. The standard InChI is InChI=1S/C14H19NO4S/c1-11(12-6-3-2-4-7-12)10-20(18,19)15-14(13(16)17)8-5-9-14/h2-4,6-7,11,15H,5,8-10H2,1H3,(H,16,17). The van der Waals surface area contributed by atoms with Crippen LogP contribution in [0.1, 0.15) is 37.7 Å². The van der Waals surface area contributed by atoms with Crippen LogP contribution >= 0.6 is 0 Å². The molecule has 6 heteroatoms. The summed E-state index contributed by atoms with van der Waals surface area (Å²) in [4.78, 5) is 11.2. The van der Waals surface area contributed by atoms with Gasteiger partial charge < -0.3 is 5.11 Å². The van der Waals surface area contributed by atoms with Gasteiger partial charge in [-0.2, -0.15) is 4.72 Å². The molecule has 1 aromatic carbocycles. The molecule has 2 N–H and O–H groups in total. The summed E-state index contributed by atoms with van der Waals surface area (Å²) in [5, 5.41) is 9.17. The van der Waals surface area contributed by atoms with Crippen molar-refractivity contribution in [2.45, 2.75) is 37.6 Å². The molecule has 1 aliphatic carbocycles. The maximum absolute atomic E-state index is 12.2. The number of hydrogen-bond donors (Lipinski definition) is 2. The lowest BCUT2D eigenvalue weighted by Crippen LogP contribution is -2.59. The average Bonchev–Trinajstić information content (AvgIpc) is 2.34. The third-order valence-corrected chi connectivity index (χ3v) is 5.45. The molecule has 0 aromatic heterocycles. The van der Waals surface area contributed by atoms with Gasteiger partial charge in [0.1, 0.15) is 5.54 Å². The van der Waals surface area contributed by atoms with Crippen molar-refractivity contribution in [2.75, 3.05) is 5.75 Å². The Balaban J connectivity index is 2.06. The molecule has 1 atom stereocenters. The first-order valence-electron chi connectivity index (χ1n) is 6.65. The second-order valence-corrected chi connectivity index (χ2v) is 7.20. The van der Waals surface area contributed by atoms with E-state index in [2.05, 4.69) is 4.72 Å². The maximum atomic E-state index is 12.2. The molecule has 1 aliphatic rings. The monoisotopic (exact) mass is 297 g/mol. The molecule has 5 nitrogen and oxygen atoms in total. The first kappa shape index (κ1) is 15.0. The first-order chi connectivity index (χ1) is 9.35. The van der Waals surface area contributed by atoms with E-state index in [4.69, 9.17) is 0 Å². The van der Waals surface area contributed by atoms with Crippen LogP contribution in [0.3, 0.4) is 0 Å². The minimum absolute atomic E-state index is 0.105. The molecule has 0 heterocycles. The average molecular weight is 297 g/mol. The largest absolute Gasteiger partial charge is 0.480 e. The molecule has 0 amide bonds. The zero-order valence-electron chi connectivity index (χ0n) is 11.4. The van der Waals surface area contributed by atoms with E-state index in [1.54, 1.807) is 0 Å². The summed E-state index contributed by atoms with van der Waals surface area (Å²) in [6.07, 6.45) is 1.46. The van der Waals surface area contributed by atoms with Crippen molar-refractivity contribution in [2.24, 2.45) is 0 Å². The molecule has 1 unspecified atom stereocenters. The molecule has 110 valence electrons. The lowest BCUT2D eigenvalue weighted by Gasteiger charge is -2.38. The second kappa shape index (κ2) is 5.54. The molecule has 1 fully saturated rings. The maximum Gasteiger partial charge on any atom is 0.324 e. The second-order valence-electron chi connectivity index (χ2n) is 5.44. The number of rotatable bonds is 6. The summed E-state index contributed by atoms with van der Waals surface area (Å²) < 4.78 is 26.7. The summed E-state index contributed by atoms with van der Waals surface area (Å²) in [5.41, 5.74) is -0.356. The Bertz CT molecular complexity index is 578. The number of benzene rings is 1. The van der Waals surface area contributed by atoms with Crippen LogP contribution < -0.4 is 4.72 Å². The van der Waals surface area contributed by atoms with Crippen molar-refractivity contribution in [3.63, 3.8) is 0 Å². The van der Waals surface area contributed by atoms with Gasteiger partial charge >= 0.3 is 5.97 Å². The van der Waals surface area contributed by atoms with Crippen LogP contribution in [0.5, 0.6) is 0 Å². The Morgan fingerprint density at radius 1 is 1.35 bits per heavy atom. The summed E-state index contributed by atoms with van der Waals surface area (Å²) >= 11 is 0. The molecule has 1 saturated carbocycles. The number of carbonyl (C=O) groups is 1. The predicted octanol–water partition coefficient (Wildman–Crippen LogP) is 1.72. The smallest absolute Gasteiger partial charge is 0.324 e. The highest BCUT2D eigenvalue weighted by molar-refractivity contribution is 7.89. The topological polar surface area (TPSA) is 83.5 Å². The van der Waals surface area contributed by atoms with Crippen LogP contribution in [0.4, 0.5) is 0 Å². The fourth-order valence-electron chi connectivity index (χ4n) is 2.44. The molecule has 20 heavy (non-hydrogen) atoms. The molecule has 0 saturated heterocycles. The number of sulfonamides is 1. The van der Waals surface area contributed by atoms with Crippen molar-refractivity contribution in [1.82, 2.24) is 4.72 Å². The summed E-state index contributed by atoms with van der Waals surface area (Å²) in [7, 11) is -3.62. The highest BCUT2D eigenvalue weighted by Crippen LogP contribution is 2.33. The first-order valence-corrected chi connectivity index (χ1v) is 8.30. The lowest BCUT2D eigenvalue weighted by atomic mass is 9.78. The van der Waals surface area contributed by atoms with Gasteiger partial charge in [0.15, 0.2) is 0 Å². The van der Waals surface area contributed by atoms with E-state index in [9.17, 15) is 18.3 Å². The van der Waals surface area contributed by atoms with Gasteiger partial charge in [0.05, 0.1) is 5.75 Å². The van der Waals surface area contributed by atoms with E-state index >= 15 is 0 Å². The summed E-state index contributed by atoms with van der Waals surface area (Å²) in [6, 6.07) is 9.33. The molecular formula is C14H19NO4S. The number of hydrogen-bond acceptors (Lipinski definition) is 3. The Morgan fingerprint density at radius 2 is 1.95 bits per heavy atom. The molecule has 0 spiro atoms. The van der Waals surface area contributed by atoms with Gasteiger partial charge in [0.25, 0.3) is 0 Å². The SMILES string of the molecule is CC(CS(=O)(=O)NC1(C(=O)O)CCC1)c1ccccc1. The van der Waals surface area contributed by atoms with Crippen molar-refractivity contribution in [1.29, 1.82) is 0 Å². The van der Waals surface area contributed by atoms with Gasteiger partial charge in [-0.05, 0) is 30.7 Å². The van der Waals surface area contributed by atoms with E-state index in [-0.39, 0.29) is 11.7 Å². The fraction of sp³-hybridized carbons (Fsp3) is 0.500. The van der Waals surface area contributed by atoms with E-state index in [0.717, 1.165) is 12.0 Å². The molecule has 2 rings (SSSR count). The Kier molecular flexibility index (Phi) is 4.15. The van der Waals surface area contributed by atoms with Crippen molar-refractivity contribution in [3.05, 3.63) is 35.9 Å². The van der Waals surface area contributed by atoms with Crippen LogP contribution in [0.2, 0.25) is 0 Å². The fourth-order valence-corrected chi connectivity index (χ4v) is 4.26. The van der Waals surface area contributed by atoms with Crippen LogP contribution in [0, 0.1) is 0 Å². The Morgan fingerprint density at radius 3 is 2.40 bits per heavy atom. The van der Waals surface area contributed by atoms with Crippen LogP contribution in [-0.2, 0) is 14.8 Å². The van der Waals surface area contributed by atoms with Crippen LogP contribution in [0.25, 0.3) is 0 Å². The van der Waals surface area contributed by atoms with E-state index in [0.29, 0.717) is 12.8 Å². The van der Waals surface area contributed by atoms with Gasteiger partial charge in [0, 0.05) is 0 Å². The van der Waals surface area contributed by atoms with Gasteiger partial charge in [0.2, 0.25) is 10.0 Å². The third-order valence-electron chi connectivity index (χ3n) is 3.81. The molecule has 0 aliphatic heterocycles.